The summed E-state index contributed by atoms with van der Waals surface area (Å²) in [6.07, 6.45) is 1.68. The largest absolute Gasteiger partial charge is 0.508 e. The molecule has 1 aliphatic rings. The fourth-order valence-corrected chi connectivity index (χ4v) is 2.02. The summed E-state index contributed by atoms with van der Waals surface area (Å²) in [6.45, 7) is 3.63. The van der Waals surface area contributed by atoms with Crippen molar-refractivity contribution in [3.05, 3.63) is 48.2 Å². The Morgan fingerprint density at radius 3 is 2.52 bits per heavy atom. The molecule has 0 spiro atoms. The molecule has 0 saturated heterocycles. The van der Waals surface area contributed by atoms with Gasteiger partial charge in [-0.1, -0.05) is 6.07 Å². The maximum absolute atomic E-state index is 12.4. The number of phenolic OH excluding ortho intramolecular Hbond substituents is 1. The third-order valence-electron chi connectivity index (χ3n) is 3.26. The molecule has 0 radical (unpaired) electrons. The average Bonchev–Trinajstić information content (AvgIpc) is 2.82. The number of carbonyl (C=O) groups is 1. The zero-order chi connectivity index (χ0) is 16.4. The molecular weight excluding hydrogens is 294 g/mol. The lowest BCUT2D eigenvalue weighted by Gasteiger charge is -2.10. The smallest absolute Gasteiger partial charge is 0.302 e. The average molecular weight is 309 g/mol. The summed E-state index contributed by atoms with van der Waals surface area (Å²) in [5, 5.41) is 18.8. The number of hydrogen-bond acceptors (Lipinski definition) is 6. The van der Waals surface area contributed by atoms with Crippen LogP contribution in [-0.4, -0.2) is 27.4 Å². The number of phenols is 1. The van der Waals surface area contributed by atoms with Gasteiger partial charge in [0, 0.05) is 6.20 Å². The van der Waals surface area contributed by atoms with E-state index in [0.29, 0.717) is 17.2 Å². The molecule has 0 fully saturated rings. The monoisotopic (exact) mass is 309 g/mol. The topological polar surface area (TPSA) is 90.2 Å². The van der Waals surface area contributed by atoms with Crippen LogP contribution < -0.4 is 10.4 Å². The van der Waals surface area contributed by atoms with Crippen molar-refractivity contribution >= 4 is 28.8 Å². The first-order chi connectivity index (χ1) is 11.0. The number of nitrogens with one attached hydrogen (secondary N) is 1. The molecule has 7 heteroatoms. The highest BCUT2D eigenvalue weighted by molar-refractivity contribution is 6.71. The first-order valence-electron chi connectivity index (χ1n) is 7.00. The number of aromatic hydroxyl groups is 1. The standard InChI is InChI=1S/C16H15N5O2/c1-10-3-8-14(17-9-10)21-16(23)15(11(2)20-21)19-18-12-4-6-13(22)7-5-12/h3-9,18,22H,1-2H3/b19-15+. The molecule has 2 N–H and O–H groups in total. The Morgan fingerprint density at radius 2 is 1.87 bits per heavy atom. The minimum atomic E-state index is -0.342. The fraction of sp³-hybridized carbons (Fsp3) is 0.125. The van der Waals surface area contributed by atoms with Crippen LogP contribution in [0, 0.1) is 6.92 Å². The lowest BCUT2D eigenvalue weighted by Crippen LogP contribution is -2.28. The molecule has 1 aliphatic heterocycles. The second-order valence-electron chi connectivity index (χ2n) is 5.12. The minimum Gasteiger partial charge on any atom is -0.508 e. The molecule has 0 saturated carbocycles. The van der Waals surface area contributed by atoms with Gasteiger partial charge >= 0.3 is 5.91 Å². The number of rotatable bonds is 3. The van der Waals surface area contributed by atoms with Gasteiger partial charge in [0.25, 0.3) is 0 Å². The Morgan fingerprint density at radius 1 is 1.13 bits per heavy atom. The molecule has 116 valence electrons. The molecule has 3 rings (SSSR count). The molecule has 0 unspecified atom stereocenters. The van der Waals surface area contributed by atoms with Gasteiger partial charge < -0.3 is 5.11 Å². The van der Waals surface area contributed by atoms with Gasteiger partial charge in [-0.15, -0.1) is 0 Å². The number of nitrogens with zero attached hydrogens (tertiary/aromatic N) is 4. The van der Waals surface area contributed by atoms with E-state index in [0.717, 1.165) is 5.56 Å². The highest BCUT2D eigenvalue weighted by Gasteiger charge is 2.31. The van der Waals surface area contributed by atoms with E-state index >= 15 is 0 Å². The van der Waals surface area contributed by atoms with Gasteiger partial charge in [-0.3, -0.25) is 10.2 Å². The Hall–Kier alpha value is -3.22. The van der Waals surface area contributed by atoms with Crippen LogP contribution in [0.1, 0.15) is 12.5 Å². The van der Waals surface area contributed by atoms with Crippen molar-refractivity contribution in [2.75, 3.05) is 10.4 Å². The molecule has 0 bridgehead atoms. The Bertz CT molecular complexity index is 794. The van der Waals surface area contributed by atoms with Gasteiger partial charge in [-0.25, -0.2) is 4.98 Å². The van der Waals surface area contributed by atoms with E-state index in [4.69, 9.17) is 0 Å². The number of anilines is 2. The lowest BCUT2D eigenvalue weighted by molar-refractivity contribution is -0.112. The molecular formula is C16H15N5O2. The number of aromatic nitrogens is 1. The van der Waals surface area contributed by atoms with E-state index in [1.54, 1.807) is 31.3 Å². The fourth-order valence-electron chi connectivity index (χ4n) is 2.02. The first-order valence-corrected chi connectivity index (χ1v) is 7.00. The number of hydrazone groups is 2. The van der Waals surface area contributed by atoms with Crippen molar-refractivity contribution in [2.24, 2.45) is 10.2 Å². The summed E-state index contributed by atoms with van der Waals surface area (Å²) in [6, 6.07) is 9.98. The van der Waals surface area contributed by atoms with Gasteiger partial charge in [-0.2, -0.15) is 15.2 Å². The molecule has 1 aromatic carbocycles. The summed E-state index contributed by atoms with van der Waals surface area (Å²) >= 11 is 0. The van der Waals surface area contributed by atoms with Crippen LogP contribution >= 0.6 is 0 Å². The highest BCUT2D eigenvalue weighted by atomic mass is 16.3. The molecule has 0 atom stereocenters. The van der Waals surface area contributed by atoms with Crippen LogP contribution in [-0.2, 0) is 4.79 Å². The predicted molar refractivity (Wildman–Crippen MR) is 88.7 cm³/mol. The van der Waals surface area contributed by atoms with Gasteiger partial charge in [-0.05, 0) is 49.7 Å². The number of carbonyl (C=O) groups excluding carboxylic acids is 1. The molecule has 2 heterocycles. The van der Waals surface area contributed by atoms with Crippen LogP contribution in [0.3, 0.4) is 0 Å². The normalized spacial score (nSPS) is 15.9. The SMILES string of the molecule is CC1=NN(c2ccc(C)cn2)C(=O)/C1=N/Nc1ccc(O)cc1. The third kappa shape index (κ3) is 3.03. The highest BCUT2D eigenvalue weighted by Crippen LogP contribution is 2.18. The predicted octanol–water partition coefficient (Wildman–Crippen LogP) is 2.29. The molecule has 2 aromatic rings. The van der Waals surface area contributed by atoms with Crippen molar-refractivity contribution in [3.63, 3.8) is 0 Å². The minimum absolute atomic E-state index is 0.162. The summed E-state index contributed by atoms with van der Waals surface area (Å²) < 4.78 is 0. The zero-order valence-electron chi connectivity index (χ0n) is 12.7. The van der Waals surface area contributed by atoms with E-state index in [-0.39, 0.29) is 17.4 Å². The number of pyridine rings is 1. The number of benzene rings is 1. The van der Waals surface area contributed by atoms with E-state index < -0.39 is 0 Å². The maximum atomic E-state index is 12.4. The molecule has 23 heavy (non-hydrogen) atoms. The number of hydrogen-bond donors (Lipinski definition) is 2. The third-order valence-corrected chi connectivity index (χ3v) is 3.26. The van der Waals surface area contributed by atoms with E-state index in [1.165, 1.54) is 17.1 Å². The molecule has 1 aromatic heterocycles. The zero-order valence-corrected chi connectivity index (χ0v) is 12.7. The van der Waals surface area contributed by atoms with Crippen molar-refractivity contribution < 1.29 is 9.90 Å². The van der Waals surface area contributed by atoms with Crippen LogP contribution in [0.25, 0.3) is 0 Å². The van der Waals surface area contributed by atoms with Gasteiger partial charge in [0.1, 0.15) is 5.75 Å². The van der Waals surface area contributed by atoms with Gasteiger partial charge in [0.05, 0.1) is 11.4 Å². The second-order valence-corrected chi connectivity index (χ2v) is 5.12. The summed E-state index contributed by atoms with van der Waals surface area (Å²) in [7, 11) is 0. The van der Waals surface area contributed by atoms with E-state index in [9.17, 15) is 9.90 Å². The molecule has 1 amide bonds. The van der Waals surface area contributed by atoms with Crippen LogP contribution in [0.15, 0.2) is 52.8 Å². The van der Waals surface area contributed by atoms with Crippen molar-refractivity contribution in [1.29, 1.82) is 0 Å². The van der Waals surface area contributed by atoms with Crippen LogP contribution in [0.5, 0.6) is 5.75 Å². The van der Waals surface area contributed by atoms with Crippen molar-refractivity contribution in [1.82, 2.24) is 4.98 Å². The molecule has 0 aliphatic carbocycles. The Balaban J connectivity index is 1.80. The van der Waals surface area contributed by atoms with Gasteiger partial charge in [0.15, 0.2) is 11.5 Å². The quantitative estimate of drug-likeness (QED) is 0.672. The van der Waals surface area contributed by atoms with E-state index in [2.05, 4.69) is 20.6 Å². The van der Waals surface area contributed by atoms with Crippen LogP contribution in [0.4, 0.5) is 11.5 Å². The first kappa shape index (κ1) is 14.7. The number of aryl methyl sites for hydroxylation is 1. The van der Waals surface area contributed by atoms with Crippen LogP contribution in [0.2, 0.25) is 0 Å². The summed E-state index contributed by atoms with van der Waals surface area (Å²) in [5.41, 5.74) is 5.17. The van der Waals surface area contributed by atoms with Gasteiger partial charge in [0.2, 0.25) is 0 Å². The Labute approximate surface area is 133 Å². The van der Waals surface area contributed by atoms with Crippen molar-refractivity contribution in [2.45, 2.75) is 13.8 Å². The second kappa shape index (κ2) is 5.88. The summed E-state index contributed by atoms with van der Waals surface area (Å²) in [5.74, 6) is 0.273. The molecule has 7 nitrogen and oxygen atoms in total. The maximum Gasteiger partial charge on any atom is 0.302 e. The van der Waals surface area contributed by atoms with E-state index in [1.807, 2.05) is 13.0 Å². The van der Waals surface area contributed by atoms with Crippen molar-refractivity contribution in [3.8, 4) is 5.75 Å². The Kier molecular flexibility index (Phi) is 3.76. The summed E-state index contributed by atoms with van der Waals surface area (Å²) in [4.78, 5) is 16.6. The lowest BCUT2D eigenvalue weighted by atomic mass is 10.2. The number of amides is 1.